The van der Waals surface area contributed by atoms with Gasteiger partial charge >= 0.3 is 0 Å². The van der Waals surface area contributed by atoms with Crippen LogP contribution < -0.4 is 4.74 Å². The Morgan fingerprint density at radius 3 is 2.50 bits per heavy atom. The van der Waals surface area contributed by atoms with Crippen molar-refractivity contribution >= 4 is 15.9 Å². The van der Waals surface area contributed by atoms with Crippen LogP contribution in [-0.2, 0) is 6.61 Å². The second-order valence-corrected chi connectivity index (χ2v) is 4.58. The van der Waals surface area contributed by atoms with Gasteiger partial charge in [0.1, 0.15) is 24.2 Å². The van der Waals surface area contributed by atoms with Crippen molar-refractivity contribution in [2.24, 2.45) is 0 Å². The van der Waals surface area contributed by atoms with E-state index in [0.717, 1.165) is 10.0 Å². The standard InChI is InChI=1S/C14H9BrFNO/c15-12-4-1-10(2-5-12)9-18-13-6-3-11(8-17)14(16)7-13/h1-7H,9H2. The van der Waals surface area contributed by atoms with Gasteiger partial charge in [0.15, 0.2) is 0 Å². The minimum atomic E-state index is -0.564. The van der Waals surface area contributed by atoms with E-state index in [1.165, 1.54) is 12.1 Å². The normalized spacial score (nSPS) is 9.83. The summed E-state index contributed by atoms with van der Waals surface area (Å²) < 4.78 is 19.8. The van der Waals surface area contributed by atoms with Crippen LogP contribution >= 0.6 is 15.9 Å². The van der Waals surface area contributed by atoms with Crippen molar-refractivity contribution in [3.8, 4) is 11.8 Å². The van der Waals surface area contributed by atoms with Crippen molar-refractivity contribution in [2.45, 2.75) is 6.61 Å². The third-order valence-corrected chi connectivity index (χ3v) is 2.91. The smallest absolute Gasteiger partial charge is 0.144 e. The van der Waals surface area contributed by atoms with Crippen molar-refractivity contribution in [3.63, 3.8) is 0 Å². The Bertz CT molecular complexity index is 590. The summed E-state index contributed by atoms with van der Waals surface area (Å²) in [6.45, 7) is 0.360. The molecule has 0 fully saturated rings. The largest absolute Gasteiger partial charge is 0.489 e. The van der Waals surface area contributed by atoms with Gasteiger partial charge in [-0.15, -0.1) is 0 Å². The Morgan fingerprint density at radius 1 is 1.17 bits per heavy atom. The molecule has 4 heteroatoms. The van der Waals surface area contributed by atoms with Crippen LogP contribution in [0.15, 0.2) is 46.9 Å². The Morgan fingerprint density at radius 2 is 1.89 bits per heavy atom. The molecule has 0 atom stereocenters. The van der Waals surface area contributed by atoms with Crippen LogP contribution in [0.25, 0.3) is 0 Å². The molecule has 0 saturated heterocycles. The van der Waals surface area contributed by atoms with E-state index in [4.69, 9.17) is 10.00 Å². The highest BCUT2D eigenvalue weighted by molar-refractivity contribution is 9.10. The average molecular weight is 306 g/mol. The predicted molar refractivity (Wildman–Crippen MR) is 69.6 cm³/mol. The summed E-state index contributed by atoms with van der Waals surface area (Å²) in [4.78, 5) is 0. The van der Waals surface area contributed by atoms with Crippen molar-refractivity contribution < 1.29 is 9.13 Å². The summed E-state index contributed by atoms with van der Waals surface area (Å²) in [6.07, 6.45) is 0. The Balaban J connectivity index is 2.04. The van der Waals surface area contributed by atoms with E-state index in [2.05, 4.69) is 15.9 Å². The molecule has 0 aliphatic heterocycles. The third kappa shape index (κ3) is 3.08. The number of halogens is 2. The molecule has 2 aromatic carbocycles. The van der Waals surface area contributed by atoms with Gasteiger partial charge in [-0.3, -0.25) is 0 Å². The van der Waals surface area contributed by atoms with Gasteiger partial charge in [-0.25, -0.2) is 4.39 Å². The van der Waals surface area contributed by atoms with Gasteiger partial charge in [-0.05, 0) is 29.8 Å². The van der Waals surface area contributed by atoms with E-state index in [1.54, 1.807) is 12.1 Å². The summed E-state index contributed by atoms with van der Waals surface area (Å²) in [6, 6.07) is 13.7. The minimum Gasteiger partial charge on any atom is -0.489 e. The maximum Gasteiger partial charge on any atom is 0.144 e. The molecule has 2 rings (SSSR count). The monoisotopic (exact) mass is 305 g/mol. The lowest BCUT2D eigenvalue weighted by molar-refractivity contribution is 0.304. The molecule has 2 aromatic rings. The maximum absolute atomic E-state index is 13.3. The zero-order valence-corrected chi connectivity index (χ0v) is 10.9. The van der Waals surface area contributed by atoms with Crippen molar-refractivity contribution in [1.82, 2.24) is 0 Å². The second-order valence-electron chi connectivity index (χ2n) is 3.67. The molecule has 0 unspecified atom stereocenters. The molecule has 0 spiro atoms. The highest BCUT2D eigenvalue weighted by atomic mass is 79.9. The lowest BCUT2D eigenvalue weighted by atomic mass is 10.2. The van der Waals surface area contributed by atoms with E-state index in [-0.39, 0.29) is 5.56 Å². The van der Waals surface area contributed by atoms with Crippen LogP contribution in [0, 0.1) is 17.1 Å². The van der Waals surface area contributed by atoms with Gasteiger partial charge in [0.2, 0.25) is 0 Å². The first-order valence-electron chi connectivity index (χ1n) is 5.26. The van der Waals surface area contributed by atoms with Crippen molar-refractivity contribution in [2.75, 3.05) is 0 Å². The van der Waals surface area contributed by atoms with Crippen molar-refractivity contribution in [1.29, 1.82) is 5.26 Å². The first kappa shape index (κ1) is 12.6. The van der Waals surface area contributed by atoms with Crippen LogP contribution in [-0.4, -0.2) is 0 Å². The summed E-state index contributed by atoms with van der Waals surface area (Å²) in [5, 5.41) is 8.61. The van der Waals surface area contributed by atoms with Crippen LogP contribution in [0.4, 0.5) is 4.39 Å². The van der Waals surface area contributed by atoms with Crippen LogP contribution in [0.2, 0.25) is 0 Å². The zero-order valence-electron chi connectivity index (χ0n) is 9.36. The fourth-order valence-corrected chi connectivity index (χ4v) is 1.69. The summed E-state index contributed by atoms with van der Waals surface area (Å²) in [5.41, 5.74) is 1.01. The molecule has 18 heavy (non-hydrogen) atoms. The van der Waals surface area contributed by atoms with Crippen LogP contribution in [0.1, 0.15) is 11.1 Å². The fraction of sp³-hybridized carbons (Fsp3) is 0.0714. The van der Waals surface area contributed by atoms with E-state index >= 15 is 0 Å². The first-order chi connectivity index (χ1) is 8.69. The Labute approximate surface area is 113 Å². The van der Waals surface area contributed by atoms with Gasteiger partial charge in [0.05, 0.1) is 5.56 Å². The highest BCUT2D eigenvalue weighted by Crippen LogP contribution is 2.18. The van der Waals surface area contributed by atoms with Gasteiger partial charge < -0.3 is 4.74 Å². The zero-order chi connectivity index (χ0) is 13.0. The van der Waals surface area contributed by atoms with E-state index in [9.17, 15) is 4.39 Å². The number of benzene rings is 2. The van der Waals surface area contributed by atoms with E-state index in [0.29, 0.717) is 12.4 Å². The van der Waals surface area contributed by atoms with Gasteiger partial charge in [-0.2, -0.15) is 5.26 Å². The summed E-state index contributed by atoms with van der Waals surface area (Å²) >= 11 is 3.35. The molecule has 0 heterocycles. The van der Waals surface area contributed by atoms with Crippen LogP contribution in [0.5, 0.6) is 5.75 Å². The number of hydrogen-bond acceptors (Lipinski definition) is 2. The maximum atomic E-state index is 13.3. The van der Waals surface area contributed by atoms with E-state index < -0.39 is 5.82 Å². The molecule has 0 radical (unpaired) electrons. The number of nitrogens with zero attached hydrogens (tertiary/aromatic N) is 1. The van der Waals surface area contributed by atoms with Gasteiger partial charge in [0.25, 0.3) is 0 Å². The molecular formula is C14H9BrFNO. The minimum absolute atomic E-state index is 0.0194. The SMILES string of the molecule is N#Cc1ccc(OCc2ccc(Br)cc2)cc1F. The molecule has 90 valence electrons. The molecule has 0 aromatic heterocycles. The van der Waals surface area contributed by atoms with Gasteiger partial charge in [-0.1, -0.05) is 28.1 Å². The first-order valence-corrected chi connectivity index (χ1v) is 6.05. The molecule has 2 nitrogen and oxygen atoms in total. The lowest BCUT2D eigenvalue weighted by Crippen LogP contribution is -1.96. The topological polar surface area (TPSA) is 33.0 Å². The van der Waals surface area contributed by atoms with E-state index in [1.807, 2.05) is 24.3 Å². The molecule has 0 N–H and O–H groups in total. The predicted octanol–water partition coefficient (Wildman–Crippen LogP) is 4.04. The van der Waals surface area contributed by atoms with Gasteiger partial charge in [0, 0.05) is 10.5 Å². The fourth-order valence-electron chi connectivity index (χ4n) is 1.42. The molecule has 0 amide bonds. The molecule has 0 aliphatic rings. The number of rotatable bonds is 3. The average Bonchev–Trinajstić information content (AvgIpc) is 2.38. The molecule has 0 saturated carbocycles. The quantitative estimate of drug-likeness (QED) is 0.857. The second kappa shape index (κ2) is 5.65. The number of nitriles is 1. The number of ether oxygens (including phenoxy) is 1. The Hall–Kier alpha value is -1.86. The number of hydrogen-bond donors (Lipinski definition) is 0. The molecule has 0 bridgehead atoms. The highest BCUT2D eigenvalue weighted by Gasteiger charge is 2.03. The third-order valence-electron chi connectivity index (χ3n) is 2.38. The molecule has 0 aliphatic carbocycles. The van der Waals surface area contributed by atoms with Crippen molar-refractivity contribution in [3.05, 3.63) is 63.9 Å². The summed E-state index contributed by atoms with van der Waals surface area (Å²) in [5.74, 6) is -0.153. The lowest BCUT2D eigenvalue weighted by Gasteiger charge is -2.06. The molecular weight excluding hydrogens is 297 g/mol. The van der Waals surface area contributed by atoms with Crippen LogP contribution in [0.3, 0.4) is 0 Å². The summed E-state index contributed by atoms with van der Waals surface area (Å²) in [7, 11) is 0. The Kier molecular flexibility index (Phi) is 3.96.